The van der Waals surface area contributed by atoms with E-state index >= 15 is 0 Å². The highest BCUT2D eigenvalue weighted by Crippen LogP contribution is 2.32. The zero-order valence-corrected chi connectivity index (χ0v) is 15.7. The molecule has 1 heterocycles. The first-order valence-electron chi connectivity index (χ1n) is 8.15. The van der Waals surface area contributed by atoms with Gasteiger partial charge in [-0.05, 0) is 33.5 Å². The summed E-state index contributed by atoms with van der Waals surface area (Å²) in [7, 11) is -5.45. The van der Waals surface area contributed by atoms with E-state index in [1.807, 2.05) is 0 Å². The van der Waals surface area contributed by atoms with Crippen molar-refractivity contribution in [3.05, 3.63) is 0 Å². The third-order valence-corrected chi connectivity index (χ3v) is 6.39. The van der Waals surface area contributed by atoms with E-state index in [1.54, 1.807) is 20.8 Å². The molecule has 1 aliphatic heterocycles. The number of carbonyl (C=O) groups is 1. The number of rotatable bonds is 9. The van der Waals surface area contributed by atoms with Crippen molar-refractivity contribution in [1.82, 2.24) is 9.03 Å². The van der Waals surface area contributed by atoms with Gasteiger partial charge in [-0.15, -0.1) is 0 Å². The van der Waals surface area contributed by atoms with Crippen molar-refractivity contribution in [1.29, 1.82) is 0 Å². The third-order valence-electron chi connectivity index (χ3n) is 4.79. The lowest BCUT2D eigenvalue weighted by atomic mass is 9.78. The van der Waals surface area contributed by atoms with Crippen LogP contribution in [0.4, 0.5) is 0 Å². The molecule has 0 bridgehead atoms. The fraction of sp³-hybridized carbons (Fsp3) is 0.923. The Kier molecular flexibility index (Phi) is 7.01. The number of nitrogens with one attached hydrogen (secondary N) is 1. The Bertz CT molecular complexity index is 582. The van der Waals surface area contributed by atoms with Crippen LogP contribution >= 0.6 is 0 Å². The Hall–Kier alpha value is -0.755. The lowest BCUT2D eigenvalue weighted by Crippen LogP contribution is -2.57. The highest BCUT2D eigenvalue weighted by molar-refractivity contribution is 7.87. The largest absolute Gasteiger partial charge is 0.480 e. The van der Waals surface area contributed by atoms with Gasteiger partial charge in [0.2, 0.25) is 0 Å². The summed E-state index contributed by atoms with van der Waals surface area (Å²) in [6.07, 6.45) is 0.655. The SMILES string of the molecule is C[C@H](NS(=O)(=O)N1C[C@H](CCCB(O)O)[C@](N)(C(=O)O)C1)C(C)(C)N. The van der Waals surface area contributed by atoms with Crippen LogP contribution in [0.5, 0.6) is 0 Å². The normalized spacial score (nSPS) is 26.6. The number of aliphatic carboxylic acids is 1. The van der Waals surface area contributed by atoms with Crippen molar-refractivity contribution < 1.29 is 28.4 Å². The van der Waals surface area contributed by atoms with Gasteiger partial charge in [-0.25, -0.2) is 0 Å². The summed E-state index contributed by atoms with van der Waals surface area (Å²) < 4.78 is 28.6. The van der Waals surface area contributed by atoms with Gasteiger partial charge in [0.1, 0.15) is 5.54 Å². The molecule has 0 aromatic carbocycles. The summed E-state index contributed by atoms with van der Waals surface area (Å²) in [5.74, 6) is -1.92. The smallest absolute Gasteiger partial charge is 0.451 e. The summed E-state index contributed by atoms with van der Waals surface area (Å²) >= 11 is 0. The molecule has 0 aromatic heterocycles. The lowest BCUT2D eigenvalue weighted by Gasteiger charge is -2.30. The average molecular weight is 380 g/mol. The van der Waals surface area contributed by atoms with Crippen molar-refractivity contribution in [3.63, 3.8) is 0 Å². The van der Waals surface area contributed by atoms with Crippen LogP contribution in [0.1, 0.15) is 33.6 Å². The molecule has 146 valence electrons. The van der Waals surface area contributed by atoms with Crippen LogP contribution in [0.2, 0.25) is 6.32 Å². The molecule has 0 unspecified atom stereocenters. The molecule has 0 amide bonds. The fourth-order valence-electron chi connectivity index (χ4n) is 2.67. The van der Waals surface area contributed by atoms with Gasteiger partial charge >= 0.3 is 13.1 Å². The standard InChI is InChI=1S/C13H29BN4O6S/c1-9(12(2,3)15)17-25(23,24)18-7-10(5-4-6-14(21)22)13(16,8-18)11(19)20/h9-10,17,21-22H,4-8,15-16H2,1-3H3,(H,19,20)/t9-,10-,13-/m0/s1. The fourth-order valence-corrected chi connectivity index (χ4v) is 4.32. The minimum Gasteiger partial charge on any atom is -0.480 e. The molecule has 0 aromatic rings. The Morgan fingerprint density at radius 2 is 2.04 bits per heavy atom. The van der Waals surface area contributed by atoms with Gasteiger partial charge in [0.25, 0.3) is 10.2 Å². The van der Waals surface area contributed by atoms with Crippen LogP contribution in [-0.2, 0) is 15.0 Å². The Morgan fingerprint density at radius 3 is 2.48 bits per heavy atom. The van der Waals surface area contributed by atoms with Crippen molar-refractivity contribution in [3.8, 4) is 0 Å². The van der Waals surface area contributed by atoms with E-state index in [4.69, 9.17) is 21.5 Å². The predicted molar refractivity (Wildman–Crippen MR) is 93.6 cm³/mol. The van der Waals surface area contributed by atoms with Crippen LogP contribution in [0.3, 0.4) is 0 Å². The number of nitrogens with zero attached hydrogens (tertiary/aromatic N) is 1. The van der Waals surface area contributed by atoms with E-state index in [-0.39, 0.29) is 25.8 Å². The molecule has 0 aliphatic carbocycles. The van der Waals surface area contributed by atoms with E-state index in [0.717, 1.165) is 4.31 Å². The van der Waals surface area contributed by atoms with Crippen LogP contribution in [-0.4, -0.2) is 71.2 Å². The van der Waals surface area contributed by atoms with Gasteiger partial charge in [-0.2, -0.15) is 17.4 Å². The maximum absolute atomic E-state index is 12.6. The molecule has 3 atom stereocenters. The Morgan fingerprint density at radius 1 is 1.48 bits per heavy atom. The first-order chi connectivity index (χ1) is 11.2. The molecule has 0 saturated carbocycles. The predicted octanol–water partition coefficient (Wildman–Crippen LogP) is -2.09. The quantitative estimate of drug-likeness (QED) is 0.246. The molecule has 1 fully saturated rings. The van der Waals surface area contributed by atoms with E-state index in [1.165, 1.54) is 0 Å². The van der Waals surface area contributed by atoms with Gasteiger partial charge in [-0.3, -0.25) is 4.79 Å². The molecule has 8 N–H and O–H groups in total. The zero-order chi connectivity index (χ0) is 19.6. The van der Waals surface area contributed by atoms with E-state index in [2.05, 4.69) is 4.72 Å². The van der Waals surface area contributed by atoms with Gasteiger partial charge in [0.05, 0.1) is 0 Å². The maximum atomic E-state index is 12.6. The molecule has 0 radical (unpaired) electrons. The van der Waals surface area contributed by atoms with Crippen molar-refractivity contribution in [2.75, 3.05) is 13.1 Å². The molecule has 0 spiro atoms. The molecule has 12 heteroatoms. The second-order valence-corrected chi connectivity index (χ2v) is 9.11. The Balaban J connectivity index is 2.91. The molecular formula is C13H29BN4O6S. The van der Waals surface area contributed by atoms with Gasteiger partial charge in [0.15, 0.2) is 0 Å². The molecule has 1 saturated heterocycles. The molecule has 1 aliphatic rings. The molecule has 1 rings (SSSR count). The second kappa shape index (κ2) is 7.86. The number of hydrogen-bond donors (Lipinski definition) is 6. The number of carboxylic acids is 1. The van der Waals surface area contributed by atoms with Crippen molar-refractivity contribution >= 4 is 23.3 Å². The average Bonchev–Trinajstić information content (AvgIpc) is 2.76. The summed E-state index contributed by atoms with van der Waals surface area (Å²) in [6, 6.07) is -0.571. The summed E-state index contributed by atoms with van der Waals surface area (Å²) in [4.78, 5) is 11.6. The van der Waals surface area contributed by atoms with Gasteiger partial charge < -0.3 is 26.6 Å². The van der Waals surface area contributed by atoms with E-state index in [9.17, 15) is 18.3 Å². The minimum absolute atomic E-state index is 0.0582. The summed E-state index contributed by atoms with van der Waals surface area (Å²) in [6.45, 7) is 4.56. The van der Waals surface area contributed by atoms with Crippen LogP contribution in [0.25, 0.3) is 0 Å². The topological polar surface area (TPSA) is 179 Å². The first kappa shape index (κ1) is 22.3. The maximum Gasteiger partial charge on any atom is 0.451 e. The van der Waals surface area contributed by atoms with Crippen molar-refractivity contribution in [2.24, 2.45) is 17.4 Å². The lowest BCUT2D eigenvalue weighted by molar-refractivity contribution is -0.144. The minimum atomic E-state index is -3.96. The molecule has 10 nitrogen and oxygen atoms in total. The zero-order valence-electron chi connectivity index (χ0n) is 14.8. The first-order valence-corrected chi connectivity index (χ1v) is 9.59. The van der Waals surface area contributed by atoms with Crippen molar-refractivity contribution in [2.45, 2.75) is 57.1 Å². The van der Waals surface area contributed by atoms with Crippen LogP contribution in [0.15, 0.2) is 0 Å². The second-order valence-electron chi connectivity index (χ2n) is 7.41. The number of nitrogens with two attached hydrogens (primary N) is 2. The molecular weight excluding hydrogens is 351 g/mol. The van der Waals surface area contributed by atoms with E-state index in [0.29, 0.717) is 6.42 Å². The summed E-state index contributed by atoms with van der Waals surface area (Å²) in [5.41, 5.74) is 9.36. The molecule has 25 heavy (non-hydrogen) atoms. The summed E-state index contributed by atoms with van der Waals surface area (Å²) in [5, 5.41) is 27.3. The van der Waals surface area contributed by atoms with Gasteiger partial charge in [-0.1, -0.05) is 6.42 Å². The monoisotopic (exact) mass is 380 g/mol. The number of hydrogen-bond acceptors (Lipinski definition) is 7. The van der Waals surface area contributed by atoms with Crippen LogP contribution in [0, 0.1) is 5.92 Å². The Labute approximate surface area is 148 Å². The van der Waals surface area contributed by atoms with Crippen LogP contribution < -0.4 is 16.2 Å². The highest BCUT2D eigenvalue weighted by Gasteiger charge is 2.52. The number of carboxylic acid groups (broad SMARTS) is 1. The third kappa shape index (κ3) is 5.61. The van der Waals surface area contributed by atoms with Gasteiger partial charge in [0, 0.05) is 30.6 Å². The van der Waals surface area contributed by atoms with E-state index < -0.39 is 46.3 Å². The highest BCUT2D eigenvalue weighted by atomic mass is 32.2.